The monoisotopic (exact) mass is 406 g/mol. The lowest BCUT2D eigenvalue weighted by Gasteiger charge is -2.38. The van der Waals surface area contributed by atoms with E-state index in [1.54, 1.807) is 6.20 Å². The van der Waals surface area contributed by atoms with Crippen molar-refractivity contribution >= 4 is 0 Å². The Labute approximate surface area is 176 Å². The summed E-state index contributed by atoms with van der Waals surface area (Å²) < 4.78 is 13.4. The second-order valence-corrected chi connectivity index (χ2v) is 7.36. The fraction of sp³-hybridized carbons (Fsp3) is 0.391. The minimum Gasteiger partial charge on any atom is -0.488 e. The van der Waals surface area contributed by atoms with Crippen LogP contribution in [0.3, 0.4) is 0 Å². The highest BCUT2D eigenvalue weighted by Crippen LogP contribution is 2.19. The average Bonchev–Trinajstić information content (AvgIpc) is 3.38. The number of likely N-dealkylation sites (tertiary alicyclic amines) is 1. The van der Waals surface area contributed by atoms with Crippen LogP contribution in [0.4, 0.5) is 0 Å². The molecule has 2 aromatic heterocycles. The third-order valence-electron chi connectivity index (χ3n) is 5.05. The van der Waals surface area contributed by atoms with Crippen molar-refractivity contribution in [1.29, 1.82) is 0 Å². The van der Waals surface area contributed by atoms with Gasteiger partial charge in [-0.05, 0) is 36.6 Å². The van der Waals surface area contributed by atoms with Crippen LogP contribution in [0.5, 0.6) is 5.75 Å². The van der Waals surface area contributed by atoms with Gasteiger partial charge in [0.2, 0.25) is 5.76 Å². The van der Waals surface area contributed by atoms with Gasteiger partial charge in [0.25, 0.3) is 0 Å². The predicted molar refractivity (Wildman–Crippen MR) is 112 cm³/mol. The smallest absolute Gasteiger partial charge is 0.210 e. The lowest BCUT2D eigenvalue weighted by atomic mass is 10.1. The number of imidazole rings is 1. The molecule has 7 heteroatoms. The average molecular weight is 406 g/mol. The summed E-state index contributed by atoms with van der Waals surface area (Å²) in [5.74, 6) is 8.54. The van der Waals surface area contributed by atoms with Crippen LogP contribution in [0.1, 0.15) is 36.2 Å². The van der Waals surface area contributed by atoms with Gasteiger partial charge in [-0.2, -0.15) is 0 Å². The first kappa shape index (κ1) is 20.2. The lowest BCUT2D eigenvalue weighted by molar-refractivity contribution is 0.0167. The minimum atomic E-state index is 0.219. The molecule has 0 spiro atoms. The summed E-state index contributed by atoms with van der Waals surface area (Å²) >= 11 is 0. The number of hydrogen-bond donors (Lipinski definition) is 1. The van der Waals surface area contributed by atoms with Gasteiger partial charge in [0.1, 0.15) is 23.4 Å². The maximum Gasteiger partial charge on any atom is 0.210 e. The lowest BCUT2D eigenvalue weighted by Crippen LogP contribution is -2.53. The molecular weight excluding hydrogens is 380 g/mol. The Balaban J connectivity index is 1.29. The van der Waals surface area contributed by atoms with Crippen LogP contribution in [0.2, 0.25) is 0 Å². The van der Waals surface area contributed by atoms with Crippen molar-refractivity contribution in [1.82, 2.24) is 19.6 Å². The molecule has 0 amide bonds. The Kier molecular flexibility index (Phi) is 6.47. The van der Waals surface area contributed by atoms with Gasteiger partial charge in [0.15, 0.2) is 0 Å². The molecule has 1 aliphatic heterocycles. The Morgan fingerprint density at radius 2 is 2.07 bits per heavy atom. The van der Waals surface area contributed by atoms with Crippen molar-refractivity contribution in [3.63, 3.8) is 0 Å². The zero-order chi connectivity index (χ0) is 20.8. The van der Waals surface area contributed by atoms with Crippen LogP contribution in [-0.4, -0.2) is 57.1 Å². The predicted octanol–water partition coefficient (Wildman–Crippen LogP) is 2.33. The molecule has 0 radical (unpaired) electrons. The van der Waals surface area contributed by atoms with Crippen molar-refractivity contribution in [3.05, 3.63) is 65.6 Å². The molecule has 0 aliphatic carbocycles. The summed E-state index contributed by atoms with van der Waals surface area (Å²) in [6.07, 6.45) is 5.65. The van der Waals surface area contributed by atoms with Crippen molar-refractivity contribution in [3.8, 4) is 17.6 Å². The Bertz CT molecular complexity index is 1010. The molecule has 0 saturated carbocycles. The molecule has 0 unspecified atom stereocenters. The number of rotatable bonds is 8. The Morgan fingerprint density at radius 3 is 2.83 bits per heavy atom. The molecule has 1 fully saturated rings. The number of aromatic nitrogens is 3. The summed E-state index contributed by atoms with van der Waals surface area (Å²) in [5, 5.41) is 13.0. The molecule has 3 heterocycles. The number of benzene rings is 1. The highest BCUT2D eigenvalue weighted by molar-refractivity contribution is 5.42. The molecule has 156 valence electrons. The summed E-state index contributed by atoms with van der Waals surface area (Å²) in [5.41, 5.74) is 1.71. The third kappa shape index (κ3) is 5.09. The van der Waals surface area contributed by atoms with E-state index in [1.807, 2.05) is 36.5 Å². The zero-order valence-corrected chi connectivity index (χ0v) is 17.1. The van der Waals surface area contributed by atoms with Crippen LogP contribution >= 0.6 is 0 Å². The van der Waals surface area contributed by atoms with E-state index in [1.165, 1.54) is 0 Å². The fourth-order valence-corrected chi connectivity index (χ4v) is 3.44. The number of nitrogens with zero attached hydrogens (tertiary/aromatic N) is 4. The van der Waals surface area contributed by atoms with Crippen LogP contribution in [0.15, 0.2) is 47.2 Å². The minimum absolute atomic E-state index is 0.219. The maximum atomic E-state index is 8.87. The van der Waals surface area contributed by atoms with Crippen molar-refractivity contribution < 1.29 is 14.4 Å². The SMILES string of the molecule is CCc1nccn1Cc1cc(C#Cc2ccc(OC3CN(CCCO)C3)cc2)on1. The first-order valence-electron chi connectivity index (χ1n) is 10.3. The molecule has 7 nitrogen and oxygen atoms in total. The van der Waals surface area contributed by atoms with Gasteiger partial charge in [0, 0.05) is 56.7 Å². The van der Waals surface area contributed by atoms with E-state index in [9.17, 15) is 0 Å². The van der Waals surface area contributed by atoms with Gasteiger partial charge in [-0.3, -0.25) is 4.90 Å². The maximum absolute atomic E-state index is 8.87. The van der Waals surface area contributed by atoms with Crippen molar-refractivity contribution in [2.45, 2.75) is 32.4 Å². The summed E-state index contributed by atoms with van der Waals surface area (Å²) in [6.45, 7) is 5.69. The van der Waals surface area contributed by atoms with Crippen LogP contribution < -0.4 is 4.74 Å². The van der Waals surface area contributed by atoms with Gasteiger partial charge in [-0.1, -0.05) is 18.0 Å². The first-order chi connectivity index (χ1) is 14.7. The second-order valence-electron chi connectivity index (χ2n) is 7.36. The van der Waals surface area contributed by atoms with Crippen LogP contribution in [0, 0.1) is 11.8 Å². The van der Waals surface area contributed by atoms with E-state index >= 15 is 0 Å². The van der Waals surface area contributed by atoms with Gasteiger partial charge in [-0.25, -0.2) is 4.98 Å². The topological polar surface area (TPSA) is 76.5 Å². The first-order valence-corrected chi connectivity index (χ1v) is 10.3. The zero-order valence-electron chi connectivity index (χ0n) is 17.1. The third-order valence-corrected chi connectivity index (χ3v) is 5.05. The highest BCUT2D eigenvalue weighted by atomic mass is 16.5. The van der Waals surface area contributed by atoms with E-state index < -0.39 is 0 Å². The van der Waals surface area contributed by atoms with Crippen LogP contribution in [-0.2, 0) is 13.0 Å². The van der Waals surface area contributed by atoms with Gasteiger partial charge < -0.3 is 18.9 Å². The van der Waals surface area contributed by atoms with Crippen LogP contribution in [0.25, 0.3) is 0 Å². The molecular formula is C23H26N4O3. The normalized spacial score (nSPS) is 14.2. The van der Waals surface area contributed by atoms with Gasteiger partial charge in [-0.15, -0.1) is 0 Å². The quantitative estimate of drug-likeness (QED) is 0.579. The molecule has 4 rings (SSSR count). The summed E-state index contributed by atoms with van der Waals surface area (Å²) in [4.78, 5) is 6.60. The largest absolute Gasteiger partial charge is 0.488 e. The van der Waals surface area contributed by atoms with E-state index in [4.69, 9.17) is 14.4 Å². The standard InChI is InChI=1S/C23H26N4O3/c1-2-23-24-10-12-27(23)15-19-14-21(30-25-19)9-6-18-4-7-20(8-5-18)29-22-16-26(17-22)11-3-13-28/h4-5,7-8,10,12,14,22,28H,2-3,11,13,15-17H2,1H3. The Morgan fingerprint density at radius 1 is 1.23 bits per heavy atom. The molecule has 0 bridgehead atoms. The molecule has 1 saturated heterocycles. The van der Waals surface area contributed by atoms with Gasteiger partial charge in [0.05, 0.1) is 6.54 Å². The molecule has 1 N–H and O–H groups in total. The van der Waals surface area contributed by atoms with E-state index in [-0.39, 0.29) is 12.7 Å². The number of aliphatic hydroxyl groups excluding tert-OH is 1. The van der Waals surface area contributed by atoms with E-state index in [0.717, 1.165) is 55.3 Å². The Hall–Kier alpha value is -3.08. The van der Waals surface area contributed by atoms with Crippen molar-refractivity contribution in [2.75, 3.05) is 26.2 Å². The number of ether oxygens (including phenoxy) is 1. The summed E-state index contributed by atoms with van der Waals surface area (Å²) in [7, 11) is 0. The molecule has 3 aromatic rings. The van der Waals surface area contributed by atoms with E-state index in [2.05, 4.69) is 38.4 Å². The van der Waals surface area contributed by atoms with Gasteiger partial charge >= 0.3 is 0 Å². The highest BCUT2D eigenvalue weighted by Gasteiger charge is 2.27. The summed E-state index contributed by atoms with van der Waals surface area (Å²) in [6, 6.07) is 9.64. The fourth-order valence-electron chi connectivity index (χ4n) is 3.44. The second kappa shape index (κ2) is 9.61. The molecule has 1 aliphatic rings. The molecule has 1 aromatic carbocycles. The van der Waals surface area contributed by atoms with E-state index in [0.29, 0.717) is 12.3 Å². The molecule has 30 heavy (non-hydrogen) atoms. The number of aliphatic hydroxyl groups is 1. The number of aryl methyl sites for hydroxylation is 1. The molecule has 0 atom stereocenters. The van der Waals surface area contributed by atoms with Crippen molar-refractivity contribution in [2.24, 2.45) is 0 Å². The number of hydrogen-bond acceptors (Lipinski definition) is 6.